The summed E-state index contributed by atoms with van der Waals surface area (Å²) in [4.78, 5) is 32.6. The number of rotatable bonds is 4. The Bertz CT molecular complexity index is 608. The van der Waals surface area contributed by atoms with Crippen molar-refractivity contribution >= 4 is 17.8 Å². The first-order chi connectivity index (χ1) is 12.2. The third kappa shape index (κ3) is 4.41. The Kier molecular flexibility index (Phi) is 5.73. The number of ether oxygens (including phenoxy) is 1. The molecule has 0 atom stereocenters. The van der Waals surface area contributed by atoms with E-state index in [-0.39, 0.29) is 18.0 Å². The zero-order valence-corrected chi connectivity index (χ0v) is 14.7. The summed E-state index contributed by atoms with van der Waals surface area (Å²) in [6.07, 6.45) is 3.55. The van der Waals surface area contributed by atoms with Gasteiger partial charge in [0, 0.05) is 32.2 Å². The molecule has 2 aliphatic heterocycles. The van der Waals surface area contributed by atoms with E-state index in [1.807, 2.05) is 12.1 Å². The number of hydrogen-bond donors (Lipinski definition) is 1. The maximum Gasteiger partial charge on any atom is 0.409 e. The zero-order chi connectivity index (χ0) is 17.6. The molecule has 0 unspecified atom stereocenters. The summed E-state index contributed by atoms with van der Waals surface area (Å²) in [5, 5.41) is 3.05. The largest absolute Gasteiger partial charge is 0.450 e. The molecule has 0 aliphatic carbocycles. The van der Waals surface area contributed by atoms with Crippen LogP contribution in [0.2, 0.25) is 0 Å². The summed E-state index contributed by atoms with van der Waals surface area (Å²) in [5.74, 6) is 0.734. The number of piperidine rings is 1. The van der Waals surface area contributed by atoms with Gasteiger partial charge in [0.05, 0.1) is 6.61 Å². The molecule has 2 fully saturated rings. The Hall–Kier alpha value is -2.31. The fourth-order valence-corrected chi connectivity index (χ4v) is 3.35. The Balaban J connectivity index is 1.53. The van der Waals surface area contributed by atoms with Crippen molar-refractivity contribution in [2.45, 2.75) is 38.6 Å². The van der Waals surface area contributed by atoms with Crippen LogP contribution in [0.15, 0.2) is 18.2 Å². The second-order valence-corrected chi connectivity index (χ2v) is 6.51. The molecule has 2 amide bonds. The van der Waals surface area contributed by atoms with Gasteiger partial charge in [-0.25, -0.2) is 9.78 Å². The summed E-state index contributed by atoms with van der Waals surface area (Å²) in [6.45, 7) is 5.40. The Morgan fingerprint density at radius 1 is 1.20 bits per heavy atom. The normalized spacial score (nSPS) is 18.3. The van der Waals surface area contributed by atoms with Gasteiger partial charge in [0.15, 0.2) is 0 Å². The molecular weight excluding hydrogens is 320 g/mol. The molecule has 3 rings (SSSR count). The van der Waals surface area contributed by atoms with Gasteiger partial charge in [0.25, 0.3) is 5.91 Å². The number of pyridine rings is 1. The number of nitrogens with zero attached hydrogens (tertiary/aromatic N) is 3. The van der Waals surface area contributed by atoms with Crippen LogP contribution in [-0.4, -0.2) is 60.7 Å². The SMILES string of the molecule is CCOC(=O)N1CCC(NC(=O)c2cccc(N3CCCC3)n2)CC1. The van der Waals surface area contributed by atoms with E-state index < -0.39 is 0 Å². The first-order valence-electron chi connectivity index (χ1n) is 9.12. The van der Waals surface area contributed by atoms with Crippen molar-refractivity contribution in [2.75, 3.05) is 37.7 Å². The first kappa shape index (κ1) is 17.5. The van der Waals surface area contributed by atoms with E-state index in [1.165, 1.54) is 12.8 Å². The van der Waals surface area contributed by atoms with Gasteiger partial charge < -0.3 is 19.9 Å². The van der Waals surface area contributed by atoms with Gasteiger partial charge in [-0.15, -0.1) is 0 Å². The minimum absolute atomic E-state index is 0.0652. The monoisotopic (exact) mass is 346 g/mol. The lowest BCUT2D eigenvalue weighted by Gasteiger charge is -2.31. The quantitative estimate of drug-likeness (QED) is 0.903. The van der Waals surface area contributed by atoms with Gasteiger partial charge in [-0.05, 0) is 44.7 Å². The second kappa shape index (κ2) is 8.18. The van der Waals surface area contributed by atoms with Crippen LogP contribution < -0.4 is 10.2 Å². The zero-order valence-electron chi connectivity index (χ0n) is 14.7. The molecule has 3 heterocycles. The molecule has 25 heavy (non-hydrogen) atoms. The van der Waals surface area contributed by atoms with Crippen molar-refractivity contribution in [3.8, 4) is 0 Å². The molecule has 0 aromatic carbocycles. The number of amides is 2. The van der Waals surface area contributed by atoms with Crippen molar-refractivity contribution in [3.63, 3.8) is 0 Å². The summed E-state index contributed by atoms with van der Waals surface area (Å²) < 4.78 is 5.01. The molecule has 7 nitrogen and oxygen atoms in total. The topological polar surface area (TPSA) is 74.8 Å². The van der Waals surface area contributed by atoms with Crippen LogP contribution in [0, 0.1) is 0 Å². The molecule has 2 saturated heterocycles. The third-order valence-electron chi connectivity index (χ3n) is 4.75. The highest BCUT2D eigenvalue weighted by atomic mass is 16.6. The summed E-state index contributed by atoms with van der Waals surface area (Å²) >= 11 is 0. The van der Waals surface area contributed by atoms with Crippen molar-refractivity contribution in [2.24, 2.45) is 0 Å². The summed E-state index contributed by atoms with van der Waals surface area (Å²) in [6, 6.07) is 5.66. The smallest absolute Gasteiger partial charge is 0.409 e. The van der Waals surface area contributed by atoms with Gasteiger partial charge >= 0.3 is 6.09 Å². The van der Waals surface area contributed by atoms with E-state index in [4.69, 9.17) is 4.74 Å². The third-order valence-corrected chi connectivity index (χ3v) is 4.75. The van der Waals surface area contributed by atoms with Gasteiger partial charge in [0.1, 0.15) is 11.5 Å². The second-order valence-electron chi connectivity index (χ2n) is 6.51. The lowest BCUT2D eigenvalue weighted by atomic mass is 10.1. The Labute approximate surface area is 148 Å². The van der Waals surface area contributed by atoms with E-state index >= 15 is 0 Å². The predicted octanol–water partition coefficient (Wildman–Crippen LogP) is 2.03. The molecule has 0 bridgehead atoms. The van der Waals surface area contributed by atoms with Crippen LogP contribution in [0.25, 0.3) is 0 Å². The van der Waals surface area contributed by atoms with E-state index in [2.05, 4.69) is 15.2 Å². The molecule has 136 valence electrons. The lowest BCUT2D eigenvalue weighted by molar-refractivity contribution is 0.0856. The summed E-state index contributed by atoms with van der Waals surface area (Å²) in [5.41, 5.74) is 0.456. The first-order valence-corrected chi connectivity index (χ1v) is 9.12. The molecule has 1 aromatic heterocycles. The fourth-order valence-electron chi connectivity index (χ4n) is 3.35. The van der Waals surface area contributed by atoms with Gasteiger partial charge in [0.2, 0.25) is 0 Å². The van der Waals surface area contributed by atoms with E-state index in [9.17, 15) is 9.59 Å². The molecule has 7 heteroatoms. The van der Waals surface area contributed by atoms with Crippen LogP contribution in [-0.2, 0) is 4.74 Å². The molecule has 0 saturated carbocycles. The number of anilines is 1. The lowest BCUT2D eigenvalue weighted by Crippen LogP contribution is -2.46. The standard InChI is InChI=1S/C18H26N4O3/c1-2-25-18(24)22-12-8-14(9-13-22)19-17(23)15-6-5-7-16(20-15)21-10-3-4-11-21/h5-7,14H,2-4,8-13H2,1H3,(H,19,23). The Morgan fingerprint density at radius 2 is 1.92 bits per heavy atom. The van der Waals surface area contributed by atoms with Crippen LogP contribution in [0.3, 0.4) is 0 Å². The maximum atomic E-state index is 12.5. The highest BCUT2D eigenvalue weighted by molar-refractivity contribution is 5.92. The van der Waals surface area contributed by atoms with Crippen molar-refractivity contribution in [3.05, 3.63) is 23.9 Å². The van der Waals surface area contributed by atoms with E-state index in [1.54, 1.807) is 17.9 Å². The average Bonchev–Trinajstić information content (AvgIpc) is 3.17. The number of likely N-dealkylation sites (tertiary alicyclic amines) is 1. The average molecular weight is 346 g/mol. The molecule has 1 aromatic rings. The minimum atomic E-state index is -0.271. The molecular formula is C18H26N4O3. The number of nitrogens with one attached hydrogen (secondary N) is 1. The predicted molar refractivity (Wildman–Crippen MR) is 94.8 cm³/mol. The Morgan fingerprint density at radius 3 is 2.60 bits per heavy atom. The van der Waals surface area contributed by atoms with Crippen molar-refractivity contribution < 1.29 is 14.3 Å². The highest BCUT2D eigenvalue weighted by Gasteiger charge is 2.25. The van der Waals surface area contributed by atoms with Crippen LogP contribution in [0.1, 0.15) is 43.1 Å². The van der Waals surface area contributed by atoms with Gasteiger partial charge in [-0.2, -0.15) is 0 Å². The van der Waals surface area contributed by atoms with Crippen LogP contribution in [0.4, 0.5) is 10.6 Å². The van der Waals surface area contributed by atoms with Crippen LogP contribution >= 0.6 is 0 Å². The van der Waals surface area contributed by atoms with Crippen LogP contribution in [0.5, 0.6) is 0 Å². The number of aromatic nitrogens is 1. The van der Waals surface area contributed by atoms with Crippen molar-refractivity contribution in [1.82, 2.24) is 15.2 Å². The van der Waals surface area contributed by atoms with E-state index in [0.717, 1.165) is 31.7 Å². The number of carbonyl (C=O) groups is 2. The van der Waals surface area contributed by atoms with Gasteiger partial charge in [-0.3, -0.25) is 4.79 Å². The highest BCUT2D eigenvalue weighted by Crippen LogP contribution is 2.18. The van der Waals surface area contributed by atoms with E-state index in [0.29, 0.717) is 25.4 Å². The maximum absolute atomic E-state index is 12.5. The van der Waals surface area contributed by atoms with Crippen molar-refractivity contribution in [1.29, 1.82) is 0 Å². The molecule has 1 N–H and O–H groups in total. The molecule has 2 aliphatic rings. The molecule has 0 radical (unpaired) electrons. The minimum Gasteiger partial charge on any atom is -0.450 e. The molecule has 0 spiro atoms. The number of hydrogen-bond acceptors (Lipinski definition) is 5. The van der Waals surface area contributed by atoms with Gasteiger partial charge in [-0.1, -0.05) is 6.07 Å². The summed E-state index contributed by atoms with van der Waals surface area (Å²) in [7, 11) is 0. The fraction of sp³-hybridized carbons (Fsp3) is 0.611. The number of carbonyl (C=O) groups excluding carboxylic acids is 2.